The fourth-order valence-electron chi connectivity index (χ4n) is 2.13. The zero-order chi connectivity index (χ0) is 12.3. The van der Waals surface area contributed by atoms with Gasteiger partial charge >= 0.3 is 0 Å². The Morgan fingerprint density at radius 1 is 1.47 bits per heavy atom. The Hall–Kier alpha value is -0.650. The molecule has 0 bridgehead atoms. The minimum Gasteiger partial charge on any atom is -0.381 e. The second kappa shape index (κ2) is 5.33. The molecule has 5 nitrogen and oxygen atoms in total. The summed E-state index contributed by atoms with van der Waals surface area (Å²) in [5.74, 6) is 0.0619. The molecule has 2 N–H and O–H groups in total. The number of carbonyl (C=O) groups is 1. The van der Waals surface area contributed by atoms with Crippen molar-refractivity contribution in [3.63, 3.8) is 0 Å². The molecule has 0 aromatic carbocycles. The Morgan fingerprint density at radius 3 is 2.65 bits per heavy atom. The Bertz CT molecular complexity index is 273. The van der Waals surface area contributed by atoms with Crippen molar-refractivity contribution >= 4 is 5.91 Å². The Balaban J connectivity index is 1.80. The largest absolute Gasteiger partial charge is 0.381 e. The Labute approximate surface area is 102 Å². The van der Waals surface area contributed by atoms with Crippen LogP contribution < -0.4 is 5.73 Å². The lowest BCUT2D eigenvalue weighted by atomic mass is 9.94. The van der Waals surface area contributed by atoms with E-state index < -0.39 is 0 Å². The van der Waals surface area contributed by atoms with Crippen molar-refractivity contribution in [2.24, 2.45) is 5.73 Å². The molecular formula is C12H22N2O3. The van der Waals surface area contributed by atoms with Crippen LogP contribution in [0.4, 0.5) is 0 Å². The highest BCUT2D eigenvalue weighted by atomic mass is 16.5. The van der Waals surface area contributed by atoms with Crippen molar-refractivity contribution in [2.75, 3.05) is 33.4 Å². The second-order valence-electron chi connectivity index (χ2n) is 5.02. The normalized spacial score (nSPS) is 23.4. The molecule has 2 aliphatic rings. The lowest BCUT2D eigenvalue weighted by Crippen LogP contribution is -2.47. The zero-order valence-electron chi connectivity index (χ0n) is 10.5. The van der Waals surface area contributed by atoms with E-state index >= 15 is 0 Å². The topological polar surface area (TPSA) is 64.8 Å². The van der Waals surface area contributed by atoms with Crippen LogP contribution in [0.15, 0.2) is 0 Å². The average molecular weight is 242 g/mol. The van der Waals surface area contributed by atoms with Gasteiger partial charge in [-0.25, -0.2) is 0 Å². The second-order valence-corrected chi connectivity index (χ2v) is 5.02. The van der Waals surface area contributed by atoms with Crippen LogP contribution >= 0.6 is 0 Å². The first-order valence-electron chi connectivity index (χ1n) is 6.34. The van der Waals surface area contributed by atoms with Crippen molar-refractivity contribution < 1.29 is 14.3 Å². The molecule has 0 aromatic rings. The molecule has 2 fully saturated rings. The lowest BCUT2D eigenvalue weighted by molar-refractivity contribution is -0.150. The summed E-state index contributed by atoms with van der Waals surface area (Å²) in [6.45, 7) is 1.94. The number of rotatable bonds is 5. The van der Waals surface area contributed by atoms with Gasteiger partial charge in [0.05, 0.1) is 5.60 Å². The number of hydrogen-bond acceptors (Lipinski definition) is 4. The third-order valence-corrected chi connectivity index (χ3v) is 3.77. The van der Waals surface area contributed by atoms with Gasteiger partial charge in [-0.2, -0.15) is 0 Å². The van der Waals surface area contributed by atoms with Crippen molar-refractivity contribution in [2.45, 2.75) is 37.3 Å². The quantitative estimate of drug-likeness (QED) is 0.744. The first kappa shape index (κ1) is 12.8. The van der Waals surface area contributed by atoms with Crippen LogP contribution in [0.25, 0.3) is 0 Å². The fraction of sp³-hybridized carbons (Fsp3) is 0.917. The predicted octanol–water partition coefficient (Wildman–Crippen LogP) is 0.132. The molecule has 1 amide bonds. The van der Waals surface area contributed by atoms with E-state index in [1.807, 2.05) is 7.05 Å². The highest BCUT2D eigenvalue weighted by Gasteiger charge is 2.35. The van der Waals surface area contributed by atoms with E-state index in [9.17, 15) is 4.79 Å². The standard InChI is InChI=1S/C12H22N2O3/c1-14(10-2-3-10)11(15)8-17-12(9-13)4-6-16-7-5-12/h10H,2-9,13H2,1H3. The highest BCUT2D eigenvalue weighted by molar-refractivity contribution is 5.77. The summed E-state index contributed by atoms with van der Waals surface area (Å²) in [5.41, 5.74) is 5.42. The van der Waals surface area contributed by atoms with Crippen LogP contribution in [0.5, 0.6) is 0 Å². The summed E-state index contributed by atoms with van der Waals surface area (Å²) in [6.07, 6.45) is 3.81. The molecule has 0 spiro atoms. The maximum Gasteiger partial charge on any atom is 0.248 e. The fourth-order valence-corrected chi connectivity index (χ4v) is 2.13. The van der Waals surface area contributed by atoms with Gasteiger partial charge in [-0.3, -0.25) is 4.79 Å². The highest BCUT2D eigenvalue weighted by Crippen LogP contribution is 2.27. The number of hydrogen-bond donors (Lipinski definition) is 1. The zero-order valence-corrected chi connectivity index (χ0v) is 10.5. The molecule has 1 saturated heterocycles. The monoisotopic (exact) mass is 242 g/mol. The SMILES string of the molecule is CN(C(=O)COC1(CN)CCOCC1)C1CC1. The minimum atomic E-state index is -0.349. The van der Waals surface area contributed by atoms with E-state index in [1.54, 1.807) is 4.90 Å². The number of carbonyl (C=O) groups excluding carboxylic acids is 1. The number of nitrogens with two attached hydrogens (primary N) is 1. The molecule has 5 heteroatoms. The van der Waals surface area contributed by atoms with Crippen LogP contribution in [0.3, 0.4) is 0 Å². The van der Waals surface area contributed by atoms with Crippen LogP contribution in [0.2, 0.25) is 0 Å². The third kappa shape index (κ3) is 3.18. The van der Waals surface area contributed by atoms with Gasteiger partial charge in [0, 0.05) is 45.7 Å². The van der Waals surface area contributed by atoms with E-state index in [2.05, 4.69) is 0 Å². The van der Waals surface area contributed by atoms with Gasteiger partial charge in [-0.05, 0) is 12.8 Å². The van der Waals surface area contributed by atoms with E-state index in [1.165, 1.54) is 0 Å². The number of nitrogens with zero attached hydrogens (tertiary/aromatic N) is 1. The van der Waals surface area contributed by atoms with E-state index in [-0.39, 0.29) is 18.1 Å². The van der Waals surface area contributed by atoms with Crippen LogP contribution in [0, 0.1) is 0 Å². The van der Waals surface area contributed by atoms with Crippen molar-refractivity contribution in [3.8, 4) is 0 Å². The number of amides is 1. The number of ether oxygens (including phenoxy) is 2. The summed E-state index contributed by atoms with van der Waals surface area (Å²) in [6, 6.07) is 0.439. The predicted molar refractivity (Wildman–Crippen MR) is 63.6 cm³/mol. The summed E-state index contributed by atoms with van der Waals surface area (Å²) in [5, 5.41) is 0. The maximum absolute atomic E-state index is 11.9. The van der Waals surface area contributed by atoms with Crippen LogP contribution in [0.1, 0.15) is 25.7 Å². The van der Waals surface area contributed by atoms with E-state index in [0.717, 1.165) is 25.7 Å². The molecule has 1 aliphatic heterocycles. The summed E-state index contributed by atoms with van der Waals surface area (Å²) < 4.78 is 11.1. The van der Waals surface area contributed by atoms with Gasteiger partial charge in [-0.15, -0.1) is 0 Å². The molecule has 2 rings (SSSR count). The molecule has 17 heavy (non-hydrogen) atoms. The number of likely N-dealkylation sites (N-methyl/N-ethyl adjacent to an activating group) is 1. The molecule has 98 valence electrons. The lowest BCUT2D eigenvalue weighted by Gasteiger charge is -2.36. The summed E-state index contributed by atoms with van der Waals surface area (Å²) in [7, 11) is 1.85. The summed E-state index contributed by atoms with van der Waals surface area (Å²) in [4.78, 5) is 13.6. The van der Waals surface area contributed by atoms with Crippen LogP contribution in [-0.4, -0.2) is 55.9 Å². The molecule has 0 unspecified atom stereocenters. The first-order valence-corrected chi connectivity index (χ1v) is 6.34. The van der Waals surface area contributed by atoms with Crippen LogP contribution in [-0.2, 0) is 14.3 Å². The van der Waals surface area contributed by atoms with Gasteiger partial charge < -0.3 is 20.1 Å². The van der Waals surface area contributed by atoms with E-state index in [4.69, 9.17) is 15.2 Å². The van der Waals surface area contributed by atoms with Gasteiger partial charge in [-0.1, -0.05) is 0 Å². The van der Waals surface area contributed by atoms with Gasteiger partial charge in [0.2, 0.25) is 5.91 Å². The molecule has 1 heterocycles. The molecule has 0 radical (unpaired) electrons. The molecule has 0 aromatic heterocycles. The van der Waals surface area contributed by atoms with Gasteiger partial charge in [0.25, 0.3) is 0 Å². The Kier molecular flexibility index (Phi) is 4.01. The average Bonchev–Trinajstić information content (AvgIpc) is 3.20. The van der Waals surface area contributed by atoms with Crippen molar-refractivity contribution in [1.29, 1.82) is 0 Å². The molecule has 0 atom stereocenters. The molecule has 1 aliphatic carbocycles. The van der Waals surface area contributed by atoms with Crippen molar-refractivity contribution in [1.82, 2.24) is 4.90 Å². The smallest absolute Gasteiger partial charge is 0.248 e. The first-order chi connectivity index (χ1) is 8.17. The van der Waals surface area contributed by atoms with Gasteiger partial charge in [0.15, 0.2) is 0 Å². The third-order valence-electron chi connectivity index (χ3n) is 3.77. The molecule has 1 saturated carbocycles. The summed E-state index contributed by atoms with van der Waals surface area (Å²) >= 11 is 0. The molecular weight excluding hydrogens is 220 g/mol. The van der Waals surface area contributed by atoms with Gasteiger partial charge in [0.1, 0.15) is 6.61 Å². The Morgan fingerprint density at radius 2 is 2.12 bits per heavy atom. The minimum absolute atomic E-state index is 0.0619. The van der Waals surface area contributed by atoms with Crippen molar-refractivity contribution in [3.05, 3.63) is 0 Å². The van der Waals surface area contributed by atoms with E-state index in [0.29, 0.717) is 25.8 Å². The maximum atomic E-state index is 11.9.